The molecule has 0 aromatic rings. The van der Waals surface area contributed by atoms with Gasteiger partial charge in [-0.3, -0.25) is 0 Å². The molecule has 1 aliphatic rings. The van der Waals surface area contributed by atoms with Gasteiger partial charge in [0.15, 0.2) is 0 Å². The Labute approximate surface area is 91.3 Å². The number of hydrogen-bond acceptors (Lipinski definition) is 2. The summed E-state index contributed by atoms with van der Waals surface area (Å²) in [4.78, 5) is 0. The number of rotatable bonds is 6. The van der Waals surface area contributed by atoms with E-state index in [1.54, 1.807) is 0 Å². The monoisotopic (exact) mass is 239 g/mol. The molecule has 0 aromatic carbocycles. The van der Waals surface area contributed by atoms with Crippen molar-refractivity contribution in [3.63, 3.8) is 0 Å². The molecule has 3 nitrogen and oxygen atoms in total. The molecule has 0 heterocycles. The van der Waals surface area contributed by atoms with Crippen molar-refractivity contribution < 1.29 is 8.42 Å². The molecule has 0 bridgehead atoms. The molecule has 0 atom stereocenters. The zero-order valence-corrected chi connectivity index (χ0v) is 9.91. The third-order valence-corrected chi connectivity index (χ3v) is 4.49. The number of nitrogens with one attached hydrogen (secondary N) is 1. The van der Waals surface area contributed by atoms with Gasteiger partial charge in [-0.25, -0.2) is 13.1 Å². The zero-order chi connectivity index (χ0) is 10.4. The maximum absolute atomic E-state index is 11.2. The van der Waals surface area contributed by atoms with E-state index >= 15 is 0 Å². The van der Waals surface area contributed by atoms with Crippen molar-refractivity contribution in [1.82, 2.24) is 4.72 Å². The highest BCUT2D eigenvalue weighted by atomic mass is 35.5. The fourth-order valence-corrected chi connectivity index (χ4v) is 3.28. The third kappa shape index (κ3) is 4.62. The summed E-state index contributed by atoms with van der Waals surface area (Å²) in [5.74, 6) is 0.923. The van der Waals surface area contributed by atoms with Crippen LogP contribution in [0.5, 0.6) is 0 Å². The van der Waals surface area contributed by atoms with Crippen molar-refractivity contribution in [2.45, 2.75) is 32.1 Å². The summed E-state index contributed by atoms with van der Waals surface area (Å²) in [7, 11) is -3.11. The Morgan fingerprint density at radius 1 is 1.29 bits per heavy atom. The first-order valence-electron chi connectivity index (χ1n) is 5.17. The Hall–Kier alpha value is 0.200. The van der Waals surface area contributed by atoms with Crippen LogP contribution in [0, 0.1) is 5.92 Å². The normalized spacial score (nSPS) is 18.9. The number of hydrogen-bond donors (Lipinski definition) is 1. The molecule has 1 N–H and O–H groups in total. The molecule has 84 valence electrons. The van der Waals surface area contributed by atoms with Crippen LogP contribution < -0.4 is 4.72 Å². The quantitative estimate of drug-likeness (QED) is 0.718. The van der Waals surface area contributed by atoms with Crippen LogP contribution in [0.4, 0.5) is 0 Å². The minimum atomic E-state index is -3.11. The zero-order valence-electron chi connectivity index (χ0n) is 8.34. The predicted octanol–water partition coefficient (Wildman–Crippen LogP) is 1.72. The van der Waals surface area contributed by atoms with Crippen molar-refractivity contribution in [3.05, 3.63) is 0 Å². The predicted molar refractivity (Wildman–Crippen MR) is 59.1 cm³/mol. The van der Waals surface area contributed by atoms with E-state index in [4.69, 9.17) is 11.6 Å². The van der Waals surface area contributed by atoms with Crippen LogP contribution in [-0.4, -0.2) is 26.6 Å². The second-order valence-electron chi connectivity index (χ2n) is 3.84. The summed E-state index contributed by atoms with van der Waals surface area (Å²) in [5, 5.41) is 0. The minimum absolute atomic E-state index is 0.0270. The Morgan fingerprint density at radius 3 is 2.50 bits per heavy atom. The lowest BCUT2D eigenvalue weighted by atomic mass is 10.1. The van der Waals surface area contributed by atoms with Crippen LogP contribution in [0.3, 0.4) is 0 Å². The van der Waals surface area contributed by atoms with Gasteiger partial charge in [0.05, 0.1) is 5.75 Å². The van der Waals surface area contributed by atoms with Gasteiger partial charge in [-0.05, 0) is 12.3 Å². The molecule has 0 aliphatic heterocycles. The summed E-state index contributed by atoms with van der Waals surface area (Å²) in [6.45, 7) is 0.573. The topological polar surface area (TPSA) is 46.2 Å². The lowest BCUT2D eigenvalue weighted by Gasteiger charge is -2.09. The molecule has 0 unspecified atom stereocenters. The van der Waals surface area contributed by atoms with E-state index in [1.165, 1.54) is 25.7 Å². The highest BCUT2D eigenvalue weighted by molar-refractivity contribution is 7.89. The van der Waals surface area contributed by atoms with Gasteiger partial charge in [0, 0.05) is 12.4 Å². The van der Waals surface area contributed by atoms with Crippen molar-refractivity contribution in [3.8, 4) is 0 Å². The second-order valence-corrected chi connectivity index (χ2v) is 6.15. The van der Waals surface area contributed by atoms with E-state index in [9.17, 15) is 8.42 Å². The molecule has 1 saturated carbocycles. The van der Waals surface area contributed by atoms with Crippen LogP contribution in [0.25, 0.3) is 0 Å². The van der Waals surface area contributed by atoms with Crippen molar-refractivity contribution in [1.29, 1.82) is 0 Å². The lowest BCUT2D eigenvalue weighted by Crippen LogP contribution is -2.28. The largest absolute Gasteiger partial charge is 0.215 e. The lowest BCUT2D eigenvalue weighted by molar-refractivity contribution is 0.496. The first kappa shape index (κ1) is 12.3. The highest BCUT2D eigenvalue weighted by Gasteiger charge is 2.15. The third-order valence-electron chi connectivity index (χ3n) is 2.70. The molecule has 0 saturated heterocycles. The highest BCUT2D eigenvalue weighted by Crippen LogP contribution is 2.26. The van der Waals surface area contributed by atoms with Crippen molar-refractivity contribution in [2.24, 2.45) is 5.92 Å². The molecule has 1 fully saturated rings. The summed E-state index contributed by atoms with van der Waals surface area (Å²) in [6.07, 6.45) is 6.11. The van der Waals surface area contributed by atoms with Crippen molar-refractivity contribution >= 4 is 21.6 Å². The summed E-state index contributed by atoms with van der Waals surface area (Å²) < 4.78 is 25.0. The molecule has 1 aliphatic carbocycles. The van der Waals surface area contributed by atoms with Crippen LogP contribution in [-0.2, 0) is 10.0 Å². The first-order chi connectivity index (χ1) is 6.64. The van der Waals surface area contributed by atoms with Gasteiger partial charge in [-0.15, -0.1) is 11.6 Å². The van der Waals surface area contributed by atoms with Crippen molar-refractivity contribution in [2.75, 3.05) is 18.2 Å². The van der Waals surface area contributed by atoms with Crippen LogP contribution >= 0.6 is 11.6 Å². The standard InChI is InChI=1S/C9H18ClNO2S/c10-6-8-14(12,13)11-7-5-9-3-1-2-4-9/h9,11H,1-8H2. The van der Waals surface area contributed by atoms with Crippen LogP contribution in [0.15, 0.2) is 0 Å². The summed E-state index contributed by atoms with van der Waals surface area (Å²) in [6, 6.07) is 0. The van der Waals surface area contributed by atoms with E-state index < -0.39 is 10.0 Å². The molecular formula is C9H18ClNO2S. The second kappa shape index (κ2) is 5.93. The van der Waals surface area contributed by atoms with Gasteiger partial charge in [-0.1, -0.05) is 25.7 Å². The van der Waals surface area contributed by atoms with Gasteiger partial charge in [0.1, 0.15) is 0 Å². The Kier molecular flexibility index (Phi) is 5.20. The van der Waals surface area contributed by atoms with E-state index in [0.717, 1.165) is 12.3 Å². The summed E-state index contributed by atoms with van der Waals surface area (Å²) >= 11 is 5.37. The number of sulfonamides is 1. The maximum atomic E-state index is 11.2. The van der Waals surface area contributed by atoms with Gasteiger partial charge in [0.25, 0.3) is 0 Å². The van der Waals surface area contributed by atoms with E-state index in [0.29, 0.717) is 6.54 Å². The van der Waals surface area contributed by atoms with Crippen LogP contribution in [0.1, 0.15) is 32.1 Å². The van der Waals surface area contributed by atoms with Gasteiger partial charge >= 0.3 is 0 Å². The van der Waals surface area contributed by atoms with Gasteiger partial charge in [-0.2, -0.15) is 0 Å². The number of halogens is 1. The van der Waals surface area contributed by atoms with E-state index in [-0.39, 0.29) is 11.6 Å². The Bertz CT molecular complexity index is 248. The van der Waals surface area contributed by atoms with Crippen LogP contribution in [0.2, 0.25) is 0 Å². The van der Waals surface area contributed by atoms with E-state index in [2.05, 4.69) is 4.72 Å². The van der Waals surface area contributed by atoms with E-state index in [1.807, 2.05) is 0 Å². The molecule has 0 amide bonds. The minimum Gasteiger partial charge on any atom is -0.215 e. The average molecular weight is 240 g/mol. The molecule has 0 radical (unpaired) electrons. The smallest absolute Gasteiger partial charge is 0.212 e. The fraction of sp³-hybridized carbons (Fsp3) is 1.00. The molecule has 0 aromatic heterocycles. The Balaban J connectivity index is 2.13. The molecule has 5 heteroatoms. The molecular weight excluding hydrogens is 222 g/mol. The molecule has 14 heavy (non-hydrogen) atoms. The first-order valence-corrected chi connectivity index (χ1v) is 7.36. The van der Waals surface area contributed by atoms with Gasteiger partial charge in [0.2, 0.25) is 10.0 Å². The number of alkyl halides is 1. The SMILES string of the molecule is O=S(=O)(CCCl)NCCC1CCCC1. The molecule has 1 rings (SSSR count). The van der Waals surface area contributed by atoms with Gasteiger partial charge < -0.3 is 0 Å². The maximum Gasteiger partial charge on any atom is 0.212 e. The fourth-order valence-electron chi connectivity index (χ4n) is 1.89. The Morgan fingerprint density at radius 2 is 1.93 bits per heavy atom. The summed E-state index contributed by atoms with van der Waals surface area (Å²) in [5.41, 5.74) is 0. The average Bonchev–Trinajstić information content (AvgIpc) is 2.56. The molecule has 0 spiro atoms.